The van der Waals surface area contributed by atoms with Crippen LogP contribution in [0.3, 0.4) is 0 Å². The van der Waals surface area contributed by atoms with Crippen molar-refractivity contribution in [1.82, 2.24) is 4.57 Å². The van der Waals surface area contributed by atoms with E-state index in [-0.39, 0.29) is 5.91 Å². The van der Waals surface area contributed by atoms with Crippen molar-refractivity contribution in [2.45, 2.75) is 18.4 Å². The summed E-state index contributed by atoms with van der Waals surface area (Å²) in [5, 5.41) is 6.04. The van der Waals surface area contributed by atoms with Crippen LogP contribution in [0.2, 0.25) is 0 Å². The lowest BCUT2D eigenvalue weighted by Gasteiger charge is -2.24. The standard InChI is InChI=1S/C10H11N3O2/c1-13-6(5-14)4-7-8(13)11-9(15)10(12-7)2-3-10/h4-5,12H,2-3H2,1H3,(H,11,15). The van der Waals surface area contributed by atoms with Crippen LogP contribution in [0.15, 0.2) is 6.07 Å². The molecule has 1 spiro atoms. The van der Waals surface area contributed by atoms with Gasteiger partial charge in [-0.25, -0.2) is 0 Å². The summed E-state index contributed by atoms with van der Waals surface area (Å²) in [6.07, 6.45) is 2.51. The Labute approximate surface area is 86.5 Å². The highest BCUT2D eigenvalue weighted by atomic mass is 16.2. The molecule has 2 N–H and O–H groups in total. The lowest BCUT2D eigenvalue weighted by atomic mass is 10.2. The molecule has 5 heteroatoms. The van der Waals surface area contributed by atoms with E-state index in [9.17, 15) is 9.59 Å². The van der Waals surface area contributed by atoms with Gasteiger partial charge in [-0.3, -0.25) is 9.59 Å². The minimum Gasteiger partial charge on any atom is -0.368 e. The van der Waals surface area contributed by atoms with E-state index in [1.54, 1.807) is 17.7 Å². The maximum absolute atomic E-state index is 11.7. The monoisotopic (exact) mass is 205 g/mol. The van der Waals surface area contributed by atoms with Crippen LogP contribution in [0.4, 0.5) is 11.5 Å². The van der Waals surface area contributed by atoms with Crippen molar-refractivity contribution < 1.29 is 9.59 Å². The van der Waals surface area contributed by atoms with E-state index in [2.05, 4.69) is 10.6 Å². The number of carbonyl (C=O) groups is 2. The fourth-order valence-electron chi connectivity index (χ4n) is 2.00. The number of hydrogen-bond donors (Lipinski definition) is 2. The van der Waals surface area contributed by atoms with Gasteiger partial charge >= 0.3 is 0 Å². The van der Waals surface area contributed by atoms with Gasteiger partial charge in [-0.2, -0.15) is 0 Å². The van der Waals surface area contributed by atoms with Crippen molar-refractivity contribution in [3.63, 3.8) is 0 Å². The van der Waals surface area contributed by atoms with E-state index in [1.165, 1.54) is 0 Å². The number of rotatable bonds is 1. The van der Waals surface area contributed by atoms with Gasteiger partial charge in [0.2, 0.25) is 0 Å². The molecule has 1 aliphatic carbocycles. The predicted molar refractivity (Wildman–Crippen MR) is 55.0 cm³/mol. The van der Waals surface area contributed by atoms with Crippen LogP contribution in [-0.2, 0) is 11.8 Å². The molecule has 1 saturated carbocycles. The van der Waals surface area contributed by atoms with Crippen LogP contribution in [0.1, 0.15) is 23.3 Å². The Hall–Kier alpha value is -1.78. The Kier molecular flexibility index (Phi) is 1.37. The van der Waals surface area contributed by atoms with Gasteiger partial charge in [-0.15, -0.1) is 0 Å². The molecule has 2 aliphatic rings. The first-order valence-corrected chi connectivity index (χ1v) is 4.91. The highest BCUT2D eigenvalue weighted by Crippen LogP contribution is 2.45. The van der Waals surface area contributed by atoms with Crippen LogP contribution in [-0.4, -0.2) is 22.3 Å². The van der Waals surface area contributed by atoms with E-state index in [4.69, 9.17) is 0 Å². The number of amides is 1. The number of fused-ring (bicyclic) bond motifs is 1. The largest absolute Gasteiger partial charge is 0.368 e. The molecule has 0 unspecified atom stereocenters. The maximum Gasteiger partial charge on any atom is 0.251 e. The highest BCUT2D eigenvalue weighted by molar-refractivity contribution is 6.08. The van der Waals surface area contributed by atoms with E-state index in [0.717, 1.165) is 24.8 Å². The number of aldehydes is 1. The van der Waals surface area contributed by atoms with Crippen LogP contribution >= 0.6 is 0 Å². The number of anilines is 2. The molecule has 1 aromatic heterocycles. The lowest BCUT2D eigenvalue weighted by Crippen LogP contribution is -2.41. The quantitative estimate of drug-likeness (QED) is 0.664. The number of aromatic nitrogens is 1. The third kappa shape index (κ3) is 0.973. The van der Waals surface area contributed by atoms with Crippen molar-refractivity contribution in [3.05, 3.63) is 11.8 Å². The van der Waals surface area contributed by atoms with E-state index in [0.29, 0.717) is 11.5 Å². The van der Waals surface area contributed by atoms with Gasteiger partial charge < -0.3 is 15.2 Å². The molecule has 78 valence electrons. The molecule has 0 atom stereocenters. The molecule has 1 fully saturated rings. The zero-order valence-corrected chi connectivity index (χ0v) is 8.33. The van der Waals surface area contributed by atoms with Gasteiger partial charge in [0.15, 0.2) is 6.29 Å². The second kappa shape index (κ2) is 2.42. The molecule has 0 saturated heterocycles. The minimum atomic E-state index is -0.394. The Bertz CT molecular complexity index is 471. The molecule has 0 aromatic carbocycles. The zero-order valence-electron chi connectivity index (χ0n) is 8.33. The van der Waals surface area contributed by atoms with Gasteiger partial charge in [-0.1, -0.05) is 0 Å². The average molecular weight is 205 g/mol. The van der Waals surface area contributed by atoms with Gasteiger partial charge in [0.05, 0.1) is 11.4 Å². The SMILES string of the molecule is Cn1c(C=O)cc2c1NC(=O)C1(CC1)N2. The third-order valence-corrected chi connectivity index (χ3v) is 3.18. The Morgan fingerprint density at radius 3 is 2.87 bits per heavy atom. The van der Waals surface area contributed by atoms with Crippen molar-refractivity contribution in [2.75, 3.05) is 10.6 Å². The van der Waals surface area contributed by atoms with Crippen molar-refractivity contribution in [1.29, 1.82) is 0 Å². The summed E-state index contributed by atoms with van der Waals surface area (Å²) < 4.78 is 1.68. The number of nitrogens with one attached hydrogen (secondary N) is 2. The van der Waals surface area contributed by atoms with Gasteiger partial charge in [0.1, 0.15) is 11.4 Å². The first-order chi connectivity index (χ1) is 7.16. The maximum atomic E-state index is 11.7. The highest BCUT2D eigenvalue weighted by Gasteiger charge is 2.53. The average Bonchev–Trinajstić information content (AvgIpc) is 2.93. The van der Waals surface area contributed by atoms with Gasteiger partial charge in [-0.05, 0) is 18.9 Å². The smallest absolute Gasteiger partial charge is 0.251 e. The summed E-state index contributed by atoms with van der Waals surface area (Å²) in [5.74, 6) is 0.688. The van der Waals surface area contributed by atoms with E-state index < -0.39 is 5.54 Å². The molecule has 3 rings (SSSR count). The normalized spacial score (nSPS) is 20.5. The van der Waals surface area contributed by atoms with E-state index in [1.807, 2.05) is 0 Å². The molecule has 0 bridgehead atoms. The van der Waals surface area contributed by atoms with Crippen LogP contribution in [0.5, 0.6) is 0 Å². The van der Waals surface area contributed by atoms with Crippen molar-refractivity contribution in [3.8, 4) is 0 Å². The van der Waals surface area contributed by atoms with Crippen LogP contribution in [0.25, 0.3) is 0 Å². The Balaban J connectivity index is 2.10. The first kappa shape index (κ1) is 8.52. The first-order valence-electron chi connectivity index (χ1n) is 4.91. The number of hydrogen-bond acceptors (Lipinski definition) is 3. The molecule has 0 radical (unpaired) electrons. The molecule has 1 amide bonds. The molecular weight excluding hydrogens is 194 g/mol. The van der Waals surface area contributed by atoms with Crippen molar-refractivity contribution >= 4 is 23.7 Å². The van der Waals surface area contributed by atoms with Gasteiger partial charge in [0.25, 0.3) is 5.91 Å². The minimum absolute atomic E-state index is 0.00801. The molecule has 5 nitrogen and oxygen atoms in total. The van der Waals surface area contributed by atoms with Crippen LogP contribution < -0.4 is 10.6 Å². The summed E-state index contributed by atoms with van der Waals surface area (Å²) in [4.78, 5) is 22.5. The number of nitrogens with zero attached hydrogens (tertiary/aromatic N) is 1. The van der Waals surface area contributed by atoms with E-state index >= 15 is 0 Å². The molecule has 15 heavy (non-hydrogen) atoms. The predicted octanol–water partition coefficient (Wildman–Crippen LogP) is 0.734. The Morgan fingerprint density at radius 2 is 2.27 bits per heavy atom. The number of carbonyl (C=O) groups excluding carboxylic acids is 2. The van der Waals surface area contributed by atoms with Gasteiger partial charge in [0, 0.05) is 7.05 Å². The topological polar surface area (TPSA) is 63.1 Å². The second-order valence-electron chi connectivity index (χ2n) is 4.17. The summed E-state index contributed by atoms with van der Waals surface area (Å²) in [5.41, 5.74) is 1.01. The lowest BCUT2D eigenvalue weighted by molar-refractivity contribution is -0.117. The summed E-state index contributed by atoms with van der Waals surface area (Å²) >= 11 is 0. The summed E-state index contributed by atoms with van der Waals surface area (Å²) in [6, 6.07) is 1.77. The second-order valence-corrected chi connectivity index (χ2v) is 4.17. The molecular formula is C10H11N3O2. The molecule has 1 aliphatic heterocycles. The summed E-state index contributed by atoms with van der Waals surface area (Å²) in [6.45, 7) is 0. The fourth-order valence-corrected chi connectivity index (χ4v) is 2.00. The molecule has 2 heterocycles. The third-order valence-electron chi connectivity index (χ3n) is 3.18. The summed E-state index contributed by atoms with van der Waals surface area (Å²) in [7, 11) is 1.76. The van der Waals surface area contributed by atoms with Crippen molar-refractivity contribution in [2.24, 2.45) is 7.05 Å². The molecule has 1 aromatic rings. The fraction of sp³-hybridized carbons (Fsp3) is 0.400. The van der Waals surface area contributed by atoms with Crippen LogP contribution in [0, 0.1) is 0 Å². The Morgan fingerprint density at radius 1 is 1.53 bits per heavy atom. The zero-order chi connectivity index (χ0) is 10.6.